The number of hydrogen-bond donors (Lipinski definition) is 0. The molecular formula is C39H51N3+2. The van der Waals surface area contributed by atoms with Gasteiger partial charge in [0, 0.05) is 30.9 Å². The Bertz CT molecular complexity index is 1510. The van der Waals surface area contributed by atoms with E-state index in [1.807, 2.05) is 0 Å². The van der Waals surface area contributed by atoms with E-state index in [0.717, 1.165) is 30.5 Å². The van der Waals surface area contributed by atoms with Gasteiger partial charge in [0.1, 0.15) is 0 Å². The summed E-state index contributed by atoms with van der Waals surface area (Å²) in [5, 5.41) is 3.90. The Morgan fingerprint density at radius 2 is 1.40 bits per heavy atom. The average molecular weight is 562 g/mol. The number of unbranched alkanes of at least 4 members (excludes halogenated alkanes) is 2. The van der Waals surface area contributed by atoms with Gasteiger partial charge < -0.3 is 9.38 Å². The van der Waals surface area contributed by atoms with Crippen LogP contribution in [-0.2, 0) is 6.54 Å². The second-order valence-corrected chi connectivity index (χ2v) is 12.4. The molecule has 4 aromatic rings. The van der Waals surface area contributed by atoms with E-state index in [0.29, 0.717) is 0 Å². The Morgan fingerprint density at radius 3 is 2.14 bits per heavy atom. The predicted octanol–water partition coefficient (Wildman–Crippen LogP) is 9.07. The highest BCUT2D eigenvalue weighted by Gasteiger charge is 2.13. The molecular weight excluding hydrogens is 510 g/mol. The van der Waals surface area contributed by atoms with Gasteiger partial charge in [0.15, 0.2) is 12.7 Å². The molecule has 0 spiro atoms. The number of quaternary nitrogens is 1. The van der Waals surface area contributed by atoms with Crippen LogP contribution in [0.15, 0.2) is 97.2 Å². The first kappa shape index (κ1) is 31.3. The van der Waals surface area contributed by atoms with Crippen LogP contribution in [0.25, 0.3) is 33.8 Å². The Labute approximate surface area is 254 Å². The van der Waals surface area contributed by atoms with Gasteiger partial charge in [-0.15, -0.1) is 0 Å². The van der Waals surface area contributed by atoms with E-state index in [2.05, 4.69) is 154 Å². The fourth-order valence-electron chi connectivity index (χ4n) is 5.44. The molecule has 0 bridgehead atoms. The van der Waals surface area contributed by atoms with E-state index in [-0.39, 0.29) is 0 Å². The van der Waals surface area contributed by atoms with Gasteiger partial charge in [-0.2, -0.15) is 4.57 Å². The summed E-state index contributed by atoms with van der Waals surface area (Å²) in [5.74, 6) is 0. The Kier molecular flexibility index (Phi) is 11.5. The molecule has 0 saturated heterocycles. The van der Waals surface area contributed by atoms with E-state index in [9.17, 15) is 0 Å². The second kappa shape index (κ2) is 15.5. The van der Waals surface area contributed by atoms with Gasteiger partial charge in [-0.1, -0.05) is 93.5 Å². The molecule has 0 fully saturated rings. The molecule has 0 aliphatic heterocycles. The van der Waals surface area contributed by atoms with Gasteiger partial charge >= 0.3 is 0 Å². The summed E-state index contributed by atoms with van der Waals surface area (Å²) in [6, 6.07) is 24.7. The van der Waals surface area contributed by atoms with Crippen molar-refractivity contribution in [2.75, 3.05) is 45.7 Å². The molecule has 4 rings (SSSR count). The molecule has 0 unspecified atom stereocenters. The predicted molar refractivity (Wildman–Crippen MR) is 185 cm³/mol. The van der Waals surface area contributed by atoms with Crippen LogP contribution in [0.5, 0.6) is 0 Å². The highest BCUT2D eigenvalue weighted by atomic mass is 15.3. The SMILES string of the molecule is CCCCN(CCCC)c1ccc2cc(C=CC=CC=Cc3cc[n+](CCC[N+](C)(C)C)c4ccccc34)ccc2c1. The van der Waals surface area contributed by atoms with Gasteiger partial charge in [0.25, 0.3) is 0 Å². The lowest BCUT2D eigenvalue weighted by molar-refractivity contribution is -0.873. The lowest BCUT2D eigenvalue weighted by atomic mass is 10.1. The van der Waals surface area contributed by atoms with Crippen LogP contribution in [0.1, 0.15) is 57.1 Å². The molecule has 0 saturated carbocycles. The number of aromatic nitrogens is 1. The number of aryl methyl sites for hydroxylation is 1. The van der Waals surface area contributed by atoms with Gasteiger partial charge in [-0.25, -0.2) is 0 Å². The number of benzene rings is 3. The van der Waals surface area contributed by atoms with Gasteiger partial charge in [0.2, 0.25) is 5.52 Å². The van der Waals surface area contributed by atoms with Crippen molar-refractivity contribution in [3.63, 3.8) is 0 Å². The van der Waals surface area contributed by atoms with E-state index in [1.54, 1.807) is 0 Å². The largest absolute Gasteiger partial charge is 0.372 e. The quantitative estimate of drug-likeness (QED) is 0.0798. The molecule has 0 aliphatic rings. The minimum absolute atomic E-state index is 0.999. The summed E-state index contributed by atoms with van der Waals surface area (Å²) < 4.78 is 3.39. The standard InChI is InChI=1S/C39H51N3/c1-6-8-26-40(27-9-7-2)37-24-23-35-31-33(21-22-36(35)32-37)17-12-10-11-13-18-34-25-29-41(28-16-30-42(3,4)5)39-20-15-14-19-38(34)39/h10-15,17-25,29,31-32H,6-9,16,26-28,30H2,1-5H3/q+2. The smallest absolute Gasteiger partial charge is 0.213 e. The number of pyridine rings is 1. The fraction of sp³-hybridized carbons (Fsp3) is 0.359. The van der Waals surface area contributed by atoms with Crippen LogP contribution < -0.4 is 9.47 Å². The fourth-order valence-corrected chi connectivity index (χ4v) is 5.44. The van der Waals surface area contributed by atoms with E-state index in [1.165, 1.54) is 70.7 Å². The molecule has 220 valence electrons. The highest BCUT2D eigenvalue weighted by Crippen LogP contribution is 2.25. The van der Waals surface area contributed by atoms with Crippen molar-refractivity contribution in [1.29, 1.82) is 0 Å². The molecule has 0 radical (unpaired) electrons. The van der Waals surface area contributed by atoms with Gasteiger partial charge in [-0.3, -0.25) is 0 Å². The van der Waals surface area contributed by atoms with E-state index in [4.69, 9.17) is 0 Å². The molecule has 1 aromatic heterocycles. The highest BCUT2D eigenvalue weighted by molar-refractivity contribution is 5.88. The molecule has 1 heterocycles. The number of anilines is 1. The zero-order valence-corrected chi connectivity index (χ0v) is 26.6. The molecule has 0 amide bonds. The third kappa shape index (κ3) is 9.16. The zero-order valence-electron chi connectivity index (χ0n) is 26.6. The summed E-state index contributed by atoms with van der Waals surface area (Å²) in [6.45, 7) is 9.03. The second-order valence-electron chi connectivity index (χ2n) is 12.4. The lowest BCUT2D eigenvalue weighted by Gasteiger charge is -2.25. The maximum absolute atomic E-state index is 2.56. The van der Waals surface area contributed by atoms with Crippen molar-refractivity contribution in [3.8, 4) is 0 Å². The molecule has 0 N–H and O–H groups in total. The molecule has 42 heavy (non-hydrogen) atoms. The summed E-state index contributed by atoms with van der Waals surface area (Å²) in [5.41, 5.74) is 5.12. The lowest BCUT2D eigenvalue weighted by Crippen LogP contribution is -2.40. The van der Waals surface area contributed by atoms with Crippen molar-refractivity contribution >= 4 is 39.5 Å². The molecule has 3 heteroatoms. The van der Waals surface area contributed by atoms with Crippen LogP contribution in [0.3, 0.4) is 0 Å². The number of nitrogens with zero attached hydrogens (tertiary/aromatic N) is 3. The Morgan fingerprint density at radius 1 is 0.714 bits per heavy atom. The van der Waals surface area contributed by atoms with E-state index < -0.39 is 0 Å². The zero-order chi connectivity index (χ0) is 29.8. The van der Waals surface area contributed by atoms with Crippen molar-refractivity contribution in [1.82, 2.24) is 0 Å². The number of allylic oxidation sites excluding steroid dienone is 4. The van der Waals surface area contributed by atoms with Crippen LogP contribution >= 0.6 is 0 Å². The number of fused-ring (bicyclic) bond motifs is 2. The molecule has 3 nitrogen and oxygen atoms in total. The molecule has 0 atom stereocenters. The monoisotopic (exact) mass is 561 g/mol. The van der Waals surface area contributed by atoms with E-state index >= 15 is 0 Å². The Balaban J connectivity index is 1.39. The number of rotatable bonds is 15. The average Bonchev–Trinajstić information content (AvgIpc) is 2.99. The minimum atomic E-state index is 0.999. The summed E-state index contributed by atoms with van der Waals surface area (Å²) in [6.07, 6.45) is 21.2. The van der Waals surface area contributed by atoms with Crippen molar-refractivity contribution in [3.05, 3.63) is 108 Å². The Hall–Kier alpha value is -3.69. The van der Waals surface area contributed by atoms with Crippen molar-refractivity contribution < 1.29 is 9.05 Å². The van der Waals surface area contributed by atoms with Crippen LogP contribution in [0, 0.1) is 0 Å². The van der Waals surface area contributed by atoms with Gasteiger partial charge in [0.05, 0.1) is 39.5 Å². The summed E-state index contributed by atoms with van der Waals surface area (Å²) >= 11 is 0. The topological polar surface area (TPSA) is 7.12 Å². The number of hydrogen-bond acceptors (Lipinski definition) is 1. The first-order valence-electron chi connectivity index (χ1n) is 15.9. The normalized spacial score (nSPS) is 12.5. The third-order valence-electron chi connectivity index (χ3n) is 7.86. The first-order chi connectivity index (χ1) is 20.4. The van der Waals surface area contributed by atoms with Crippen LogP contribution in [-0.4, -0.2) is 45.3 Å². The maximum Gasteiger partial charge on any atom is 0.213 e. The maximum atomic E-state index is 2.56. The summed E-state index contributed by atoms with van der Waals surface area (Å²) in [4.78, 5) is 2.56. The van der Waals surface area contributed by atoms with Crippen molar-refractivity contribution in [2.24, 2.45) is 0 Å². The first-order valence-corrected chi connectivity index (χ1v) is 15.9. The van der Waals surface area contributed by atoms with Crippen LogP contribution in [0.4, 0.5) is 5.69 Å². The minimum Gasteiger partial charge on any atom is -0.372 e. The molecule has 0 aliphatic carbocycles. The van der Waals surface area contributed by atoms with Gasteiger partial charge in [-0.05, 0) is 59.0 Å². The molecule has 3 aromatic carbocycles. The summed E-state index contributed by atoms with van der Waals surface area (Å²) in [7, 11) is 6.77. The number of para-hydroxylation sites is 1. The van der Waals surface area contributed by atoms with Crippen LogP contribution in [0.2, 0.25) is 0 Å². The third-order valence-corrected chi connectivity index (χ3v) is 7.86. The van der Waals surface area contributed by atoms with Crippen molar-refractivity contribution in [2.45, 2.75) is 52.5 Å².